The molecule has 2 aromatic carbocycles. The first-order valence-corrected chi connectivity index (χ1v) is 8.64. The molecule has 3 aromatic rings. The van der Waals surface area contributed by atoms with Gasteiger partial charge in [0.2, 0.25) is 0 Å². The van der Waals surface area contributed by atoms with Gasteiger partial charge in [0.15, 0.2) is 17.3 Å². The largest absolute Gasteiger partial charge is 0.461 e. The van der Waals surface area contributed by atoms with E-state index in [1.807, 2.05) is 0 Å². The number of amides is 1. The third-order valence-electron chi connectivity index (χ3n) is 3.90. The number of carbonyl (C=O) groups excluding carboxylic acids is 2. The van der Waals surface area contributed by atoms with Crippen LogP contribution in [0, 0.1) is 17.5 Å². The van der Waals surface area contributed by atoms with Gasteiger partial charge in [0.1, 0.15) is 5.82 Å². The molecule has 0 aliphatic heterocycles. The van der Waals surface area contributed by atoms with Crippen LogP contribution in [0.25, 0.3) is 5.69 Å². The first kappa shape index (κ1) is 20.8. The van der Waals surface area contributed by atoms with Crippen molar-refractivity contribution < 1.29 is 27.5 Å². The molecule has 0 fully saturated rings. The van der Waals surface area contributed by atoms with E-state index < -0.39 is 40.6 Å². The van der Waals surface area contributed by atoms with Crippen molar-refractivity contribution in [3.63, 3.8) is 0 Å². The molecule has 0 radical (unpaired) electrons. The lowest BCUT2D eigenvalue weighted by atomic mass is 10.2. The number of rotatable bonds is 5. The van der Waals surface area contributed by atoms with Crippen molar-refractivity contribution in [3.8, 4) is 5.69 Å². The standard InChI is InChI=1S/C20H14F3N3O4/c1-2-30-20(29)18-16(24-19(28)11-3-8-14(22)15(23)9-11)10-17(27)26(25-18)13-6-4-12(21)5-7-13/h3-10H,2H2,1H3,(H,24,28). The second-order valence-corrected chi connectivity index (χ2v) is 5.94. The molecular formula is C20H14F3N3O4. The van der Waals surface area contributed by atoms with E-state index in [4.69, 9.17) is 4.74 Å². The van der Waals surface area contributed by atoms with Gasteiger partial charge in [-0.3, -0.25) is 9.59 Å². The van der Waals surface area contributed by atoms with Gasteiger partial charge < -0.3 is 10.1 Å². The summed E-state index contributed by atoms with van der Waals surface area (Å²) in [6.07, 6.45) is 0. The van der Waals surface area contributed by atoms with Gasteiger partial charge in [-0.15, -0.1) is 0 Å². The first-order valence-electron chi connectivity index (χ1n) is 8.64. The minimum atomic E-state index is -1.24. The molecule has 0 atom stereocenters. The van der Waals surface area contributed by atoms with Crippen LogP contribution >= 0.6 is 0 Å². The van der Waals surface area contributed by atoms with Crippen molar-refractivity contribution in [2.75, 3.05) is 11.9 Å². The van der Waals surface area contributed by atoms with Gasteiger partial charge in [0.25, 0.3) is 11.5 Å². The number of anilines is 1. The Morgan fingerprint density at radius 1 is 1.03 bits per heavy atom. The van der Waals surface area contributed by atoms with Crippen molar-refractivity contribution in [1.82, 2.24) is 9.78 Å². The lowest BCUT2D eigenvalue weighted by Crippen LogP contribution is -2.27. The zero-order valence-corrected chi connectivity index (χ0v) is 15.5. The molecule has 30 heavy (non-hydrogen) atoms. The van der Waals surface area contributed by atoms with E-state index in [0.717, 1.165) is 35.0 Å². The Bertz CT molecular complexity index is 1180. The van der Waals surface area contributed by atoms with Crippen molar-refractivity contribution in [2.24, 2.45) is 0 Å². The van der Waals surface area contributed by atoms with Crippen molar-refractivity contribution in [3.05, 3.63) is 87.6 Å². The predicted molar refractivity (Wildman–Crippen MR) is 100 cm³/mol. The second kappa shape index (κ2) is 8.60. The smallest absolute Gasteiger partial charge is 0.360 e. The van der Waals surface area contributed by atoms with E-state index in [1.165, 1.54) is 12.1 Å². The average Bonchev–Trinajstić information content (AvgIpc) is 2.71. The number of nitrogens with zero attached hydrogens (tertiary/aromatic N) is 2. The van der Waals surface area contributed by atoms with Crippen LogP contribution in [0.2, 0.25) is 0 Å². The fourth-order valence-corrected chi connectivity index (χ4v) is 2.50. The molecule has 0 unspecified atom stereocenters. The van der Waals surface area contributed by atoms with Gasteiger partial charge in [-0.2, -0.15) is 9.78 Å². The number of carbonyl (C=O) groups is 2. The highest BCUT2D eigenvalue weighted by atomic mass is 19.2. The molecule has 1 N–H and O–H groups in total. The average molecular weight is 417 g/mol. The highest BCUT2D eigenvalue weighted by molar-refractivity contribution is 6.07. The van der Waals surface area contributed by atoms with Crippen LogP contribution in [-0.4, -0.2) is 28.3 Å². The lowest BCUT2D eigenvalue weighted by molar-refractivity contribution is 0.0518. The van der Waals surface area contributed by atoms with Crippen molar-refractivity contribution in [1.29, 1.82) is 0 Å². The molecule has 0 saturated carbocycles. The van der Waals surface area contributed by atoms with Gasteiger partial charge in [0, 0.05) is 11.6 Å². The fraction of sp³-hybridized carbons (Fsp3) is 0.100. The highest BCUT2D eigenvalue weighted by Crippen LogP contribution is 2.16. The third-order valence-corrected chi connectivity index (χ3v) is 3.90. The van der Waals surface area contributed by atoms with E-state index in [1.54, 1.807) is 6.92 Å². The van der Waals surface area contributed by atoms with Crippen LogP contribution in [0.4, 0.5) is 18.9 Å². The number of aromatic nitrogens is 2. The van der Waals surface area contributed by atoms with Gasteiger partial charge >= 0.3 is 5.97 Å². The third kappa shape index (κ3) is 4.37. The topological polar surface area (TPSA) is 90.3 Å². The number of nitrogens with one attached hydrogen (secondary N) is 1. The summed E-state index contributed by atoms with van der Waals surface area (Å²) in [5.74, 6) is -4.75. The summed E-state index contributed by atoms with van der Waals surface area (Å²) >= 11 is 0. The molecule has 1 heterocycles. The van der Waals surface area contributed by atoms with Crippen LogP contribution in [0.1, 0.15) is 27.8 Å². The van der Waals surface area contributed by atoms with E-state index in [-0.39, 0.29) is 23.5 Å². The summed E-state index contributed by atoms with van der Waals surface area (Å²) < 4.78 is 45.4. The molecule has 3 rings (SSSR count). The Morgan fingerprint density at radius 2 is 1.73 bits per heavy atom. The van der Waals surface area contributed by atoms with Crippen LogP contribution in [0.15, 0.2) is 53.3 Å². The normalized spacial score (nSPS) is 10.5. The SMILES string of the molecule is CCOC(=O)c1nn(-c2ccc(F)cc2)c(=O)cc1NC(=O)c1ccc(F)c(F)c1. The Labute approximate surface area is 167 Å². The molecule has 0 bridgehead atoms. The monoisotopic (exact) mass is 417 g/mol. The number of ether oxygens (including phenoxy) is 1. The summed E-state index contributed by atoms with van der Waals surface area (Å²) in [5.41, 5.74) is -1.50. The second-order valence-electron chi connectivity index (χ2n) is 5.94. The number of hydrogen-bond donors (Lipinski definition) is 1. The number of hydrogen-bond acceptors (Lipinski definition) is 5. The van der Waals surface area contributed by atoms with Gasteiger partial charge in [-0.1, -0.05) is 0 Å². The van der Waals surface area contributed by atoms with E-state index in [9.17, 15) is 27.6 Å². The Balaban J connectivity index is 2.04. The summed E-state index contributed by atoms with van der Waals surface area (Å²) in [7, 11) is 0. The van der Waals surface area contributed by atoms with Crippen LogP contribution in [0.3, 0.4) is 0 Å². The molecule has 0 spiro atoms. The maximum atomic E-state index is 13.4. The quantitative estimate of drug-likeness (QED) is 0.645. The Kier molecular flexibility index (Phi) is 5.95. The lowest BCUT2D eigenvalue weighted by Gasteiger charge is -2.12. The van der Waals surface area contributed by atoms with Crippen LogP contribution in [0.5, 0.6) is 0 Å². The maximum Gasteiger partial charge on any atom is 0.360 e. The predicted octanol–water partition coefficient (Wildman–Crippen LogP) is 3.08. The molecular weight excluding hydrogens is 403 g/mol. The number of esters is 1. The minimum absolute atomic E-state index is 0.00719. The zero-order chi connectivity index (χ0) is 21.8. The summed E-state index contributed by atoms with van der Waals surface area (Å²) in [6, 6.07) is 8.14. The number of halogens is 3. The van der Waals surface area contributed by atoms with Gasteiger partial charge in [0.05, 0.1) is 18.0 Å². The molecule has 0 aliphatic carbocycles. The van der Waals surface area contributed by atoms with Gasteiger partial charge in [-0.05, 0) is 49.4 Å². The van der Waals surface area contributed by atoms with Crippen LogP contribution in [-0.2, 0) is 4.74 Å². The molecule has 7 nitrogen and oxygen atoms in total. The minimum Gasteiger partial charge on any atom is -0.461 e. The van der Waals surface area contributed by atoms with E-state index in [2.05, 4.69) is 10.4 Å². The molecule has 10 heteroatoms. The van der Waals surface area contributed by atoms with Crippen molar-refractivity contribution >= 4 is 17.6 Å². The molecule has 0 saturated heterocycles. The highest BCUT2D eigenvalue weighted by Gasteiger charge is 2.21. The Morgan fingerprint density at radius 3 is 2.37 bits per heavy atom. The molecule has 154 valence electrons. The molecule has 1 aromatic heterocycles. The Hall–Kier alpha value is -3.95. The molecule has 1 amide bonds. The van der Waals surface area contributed by atoms with E-state index in [0.29, 0.717) is 6.07 Å². The summed E-state index contributed by atoms with van der Waals surface area (Å²) in [5, 5.41) is 6.20. The maximum absolute atomic E-state index is 13.4. The van der Waals surface area contributed by atoms with Crippen LogP contribution < -0.4 is 10.9 Å². The van der Waals surface area contributed by atoms with Crippen molar-refractivity contribution in [2.45, 2.75) is 6.92 Å². The van der Waals surface area contributed by atoms with E-state index >= 15 is 0 Å². The first-order chi connectivity index (χ1) is 14.3. The summed E-state index contributed by atoms with van der Waals surface area (Å²) in [6.45, 7) is 1.54. The fourth-order valence-electron chi connectivity index (χ4n) is 2.50. The molecule has 0 aliphatic rings. The zero-order valence-electron chi connectivity index (χ0n) is 15.5. The van der Waals surface area contributed by atoms with Gasteiger partial charge in [-0.25, -0.2) is 18.0 Å². The summed E-state index contributed by atoms with van der Waals surface area (Å²) in [4.78, 5) is 37.2. The number of benzene rings is 2.